The standard InChI is InChI=1S/C20H16BrN3O3S/c21-15-5-6-18-17(11-15)16-3-1-2-4-19(16)28(26,27)24(18)13-20(25)23-12-14-7-9-22-10-8-14/h1-11H,12-13H2,(H,23,25). The highest BCUT2D eigenvalue weighted by Crippen LogP contribution is 2.43. The maximum Gasteiger partial charge on any atom is 0.265 e. The molecule has 1 amide bonds. The number of hydrogen-bond donors (Lipinski definition) is 1. The zero-order chi connectivity index (χ0) is 19.7. The van der Waals surface area contributed by atoms with Gasteiger partial charge in [0.2, 0.25) is 5.91 Å². The Kier molecular flexibility index (Phi) is 4.91. The molecule has 0 atom stereocenters. The second-order valence-electron chi connectivity index (χ2n) is 6.30. The van der Waals surface area contributed by atoms with E-state index in [0.29, 0.717) is 17.8 Å². The number of amides is 1. The van der Waals surface area contributed by atoms with E-state index in [0.717, 1.165) is 15.6 Å². The summed E-state index contributed by atoms with van der Waals surface area (Å²) in [5, 5.41) is 2.77. The SMILES string of the molecule is O=C(CN1c2ccc(Br)cc2-c2ccccc2S1(=O)=O)NCc1ccncc1. The quantitative estimate of drug-likeness (QED) is 0.651. The molecule has 0 spiro atoms. The van der Waals surface area contributed by atoms with Gasteiger partial charge in [-0.1, -0.05) is 34.1 Å². The molecule has 2 heterocycles. The zero-order valence-corrected chi connectivity index (χ0v) is 17.1. The fourth-order valence-electron chi connectivity index (χ4n) is 3.16. The Hall–Kier alpha value is -2.71. The van der Waals surface area contributed by atoms with Crippen molar-refractivity contribution in [3.63, 3.8) is 0 Å². The van der Waals surface area contributed by atoms with Gasteiger partial charge >= 0.3 is 0 Å². The van der Waals surface area contributed by atoms with Crippen LogP contribution in [0.25, 0.3) is 11.1 Å². The van der Waals surface area contributed by atoms with E-state index >= 15 is 0 Å². The molecule has 8 heteroatoms. The Bertz CT molecular complexity index is 1150. The van der Waals surface area contributed by atoms with Gasteiger partial charge in [0.05, 0.1) is 10.6 Å². The third kappa shape index (κ3) is 3.41. The van der Waals surface area contributed by atoms with E-state index in [1.54, 1.807) is 60.9 Å². The van der Waals surface area contributed by atoms with Gasteiger partial charge in [0.1, 0.15) is 6.54 Å². The van der Waals surface area contributed by atoms with Crippen LogP contribution in [0, 0.1) is 0 Å². The van der Waals surface area contributed by atoms with Crippen molar-refractivity contribution in [2.24, 2.45) is 0 Å². The van der Waals surface area contributed by atoms with Crippen LogP contribution in [-0.4, -0.2) is 25.9 Å². The van der Waals surface area contributed by atoms with Crippen LogP contribution >= 0.6 is 15.9 Å². The van der Waals surface area contributed by atoms with Crippen molar-refractivity contribution in [3.05, 3.63) is 77.0 Å². The number of hydrogen-bond acceptors (Lipinski definition) is 4. The van der Waals surface area contributed by atoms with E-state index in [2.05, 4.69) is 26.2 Å². The Morgan fingerprint density at radius 3 is 2.57 bits per heavy atom. The second kappa shape index (κ2) is 7.37. The number of nitrogens with one attached hydrogen (secondary N) is 1. The van der Waals surface area contributed by atoms with Crippen LogP contribution in [0.1, 0.15) is 5.56 Å². The molecule has 28 heavy (non-hydrogen) atoms. The Labute approximate surface area is 171 Å². The van der Waals surface area contributed by atoms with Gasteiger partial charge < -0.3 is 5.32 Å². The lowest BCUT2D eigenvalue weighted by Gasteiger charge is -2.31. The highest BCUT2D eigenvalue weighted by Gasteiger charge is 2.35. The highest BCUT2D eigenvalue weighted by atomic mass is 79.9. The molecule has 1 aliphatic heterocycles. The predicted molar refractivity (Wildman–Crippen MR) is 110 cm³/mol. The lowest BCUT2D eigenvalue weighted by atomic mass is 10.0. The summed E-state index contributed by atoms with van der Waals surface area (Å²) < 4.78 is 28.4. The largest absolute Gasteiger partial charge is 0.350 e. The number of pyridine rings is 1. The first-order chi connectivity index (χ1) is 13.5. The molecule has 0 saturated carbocycles. The van der Waals surface area contributed by atoms with E-state index < -0.39 is 10.0 Å². The number of aromatic nitrogens is 1. The van der Waals surface area contributed by atoms with Gasteiger partial charge in [0.25, 0.3) is 10.0 Å². The van der Waals surface area contributed by atoms with Gasteiger partial charge in [-0.3, -0.25) is 14.1 Å². The van der Waals surface area contributed by atoms with Gasteiger partial charge in [0.15, 0.2) is 0 Å². The van der Waals surface area contributed by atoms with E-state index in [1.807, 2.05) is 6.07 Å². The minimum Gasteiger partial charge on any atom is -0.350 e. The molecule has 142 valence electrons. The van der Waals surface area contributed by atoms with Crippen LogP contribution in [0.15, 0.2) is 76.4 Å². The summed E-state index contributed by atoms with van der Waals surface area (Å²) in [6, 6.07) is 15.8. The third-order valence-electron chi connectivity index (χ3n) is 4.50. The van der Waals surface area contributed by atoms with E-state index in [9.17, 15) is 13.2 Å². The zero-order valence-electron chi connectivity index (χ0n) is 14.7. The molecule has 0 radical (unpaired) electrons. The van der Waals surface area contributed by atoms with Gasteiger partial charge in [-0.05, 0) is 42.0 Å². The normalized spacial score (nSPS) is 14.1. The van der Waals surface area contributed by atoms with E-state index in [1.165, 1.54) is 4.31 Å². The van der Waals surface area contributed by atoms with Crippen LogP contribution in [0.4, 0.5) is 5.69 Å². The molecule has 2 aromatic carbocycles. The summed E-state index contributed by atoms with van der Waals surface area (Å²) >= 11 is 3.44. The molecule has 1 aromatic heterocycles. The van der Waals surface area contributed by atoms with Gasteiger partial charge in [-0.2, -0.15) is 0 Å². The number of carbonyl (C=O) groups is 1. The average Bonchev–Trinajstić information content (AvgIpc) is 2.71. The van der Waals surface area contributed by atoms with Crippen LogP contribution in [0.2, 0.25) is 0 Å². The molecule has 0 saturated heterocycles. The summed E-state index contributed by atoms with van der Waals surface area (Å²) in [5.41, 5.74) is 2.77. The van der Waals surface area contributed by atoms with Crippen molar-refractivity contribution in [3.8, 4) is 11.1 Å². The number of sulfonamides is 1. The van der Waals surface area contributed by atoms with Crippen molar-refractivity contribution in [2.75, 3.05) is 10.8 Å². The highest BCUT2D eigenvalue weighted by molar-refractivity contribution is 9.10. The first kappa shape index (κ1) is 18.6. The van der Waals surface area contributed by atoms with Gasteiger partial charge in [0, 0.05) is 34.5 Å². The first-order valence-corrected chi connectivity index (χ1v) is 10.8. The number of benzene rings is 2. The Balaban J connectivity index is 1.66. The van der Waals surface area contributed by atoms with Gasteiger partial charge in [-0.15, -0.1) is 0 Å². The Morgan fingerprint density at radius 2 is 1.79 bits per heavy atom. The molecular formula is C20H16BrN3O3S. The van der Waals surface area contributed by atoms with Crippen LogP contribution < -0.4 is 9.62 Å². The van der Waals surface area contributed by atoms with E-state index in [4.69, 9.17) is 0 Å². The first-order valence-electron chi connectivity index (χ1n) is 8.54. The monoisotopic (exact) mass is 457 g/mol. The number of carbonyl (C=O) groups excluding carboxylic acids is 1. The molecule has 4 rings (SSSR count). The van der Waals surface area contributed by atoms with Crippen LogP contribution in [0.3, 0.4) is 0 Å². The maximum absolute atomic E-state index is 13.2. The molecule has 3 aromatic rings. The van der Waals surface area contributed by atoms with Crippen molar-refractivity contribution >= 4 is 37.5 Å². The fourth-order valence-corrected chi connectivity index (χ4v) is 5.17. The van der Waals surface area contributed by atoms with Crippen molar-refractivity contribution in [2.45, 2.75) is 11.4 Å². The minimum atomic E-state index is -3.84. The number of halogens is 1. The topological polar surface area (TPSA) is 79.4 Å². The molecule has 0 fully saturated rings. The lowest BCUT2D eigenvalue weighted by molar-refractivity contribution is -0.119. The smallest absolute Gasteiger partial charge is 0.265 e. The summed E-state index contributed by atoms with van der Waals surface area (Å²) in [5.74, 6) is -0.381. The number of anilines is 1. The summed E-state index contributed by atoms with van der Waals surface area (Å²) in [6.45, 7) is 0.00933. The molecule has 1 aliphatic rings. The molecule has 1 N–H and O–H groups in total. The maximum atomic E-state index is 13.2. The Morgan fingerprint density at radius 1 is 1.04 bits per heavy atom. The van der Waals surface area contributed by atoms with Crippen LogP contribution in [0.5, 0.6) is 0 Å². The summed E-state index contributed by atoms with van der Waals surface area (Å²) in [7, 11) is -3.84. The third-order valence-corrected chi connectivity index (χ3v) is 6.81. The molecule has 6 nitrogen and oxygen atoms in total. The average molecular weight is 458 g/mol. The number of rotatable bonds is 4. The molecule has 0 aliphatic carbocycles. The number of fused-ring (bicyclic) bond motifs is 3. The fraction of sp³-hybridized carbons (Fsp3) is 0.100. The predicted octanol–water partition coefficient (Wildman–Crippen LogP) is 3.34. The molecular weight excluding hydrogens is 442 g/mol. The van der Waals surface area contributed by atoms with Crippen molar-refractivity contribution in [1.82, 2.24) is 10.3 Å². The second-order valence-corrected chi connectivity index (χ2v) is 9.05. The number of nitrogens with zero attached hydrogens (tertiary/aromatic N) is 2. The van der Waals surface area contributed by atoms with E-state index in [-0.39, 0.29) is 17.3 Å². The lowest BCUT2D eigenvalue weighted by Crippen LogP contribution is -2.42. The van der Waals surface area contributed by atoms with Crippen molar-refractivity contribution < 1.29 is 13.2 Å². The summed E-state index contributed by atoms with van der Waals surface area (Å²) in [6.07, 6.45) is 3.28. The molecule has 0 bridgehead atoms. The summed E-state index contributed by atoms with van der Waals surface area (Å²) in [4.78, 5) is 16.7. The minimum absolute atomic E-state index is 0.197. The molecule has 0 unspecified atom stereocenters. The van der Waals surface area contributed by atoms with Crippen LogP contribution in [-0.2, 0) is 21.4 Å². The van der Waals surface area contributed by atoms with Crippen molar-refractivity contribution in [1.29, 1.82) is 0 Å². The van der Waals surface area contributed by atoms with Gasteiger partial charge in [-0.25, -0.2) is 8.42 Å².